The molecule has 7 heteroatoms. The number of alkyl carbamates (subject to hydrolysis) is 1. The van der Waals surface area contributed by atoms with Crippen molar-refractivity contribution in [3.63, 3.8) is 0 Å². The number of carbonyl (C=O) groups is 3. The molecule has 0 aromatic heterocycles. The first kappa shape index (κ1) is 28.2. The predicted molar refractivity (Wildman–Crippen MR) is 145 cm³/mol. The van der Waals surface area contributed by atoms with Gasteiger partial charge in [-0.05, 0) is 58.1 Å². The Labute approximate surface area is 221 Å². The van der Waals surface area contributed by atoms with E-state index in [0.717, 1.165) is 36.8 Å². The number of carbonyl (C=O) groups excluding carboxylic acids is 3. The van der Waals surface area contributed by atoms with Gasteiger partial charge in [0.15, 0.2) is 0 Å². The summed E-state index contributed by atoms with van der Waals surface area (Å²) in [5.74, 6) is -0.493. The van der Waals surface area contributed by atoms with Gasteiger partial charge >= 0.3 is 6.09 Å². The van der Waals surface area contributed by atoms with Gasteiger partial charge in [-0.2, -0.15) is 0 Å². The van der Waals surface area contributed by atoms with Crippen LogP contribution >= 0.6 is 0 Å². The Morgan fingerprint density at radius 1 is 0.973 bits per heavy atom. The summed E-state index contributed by atoms with van der Waals surface area (Å²) >= 11 is 0. The zero-order chi connectivity index (χ0) is 27.0. The largest absolute Gasteiger partial charge is 0.444 e. The van der Waals surface area contributed by atoms with E-state index in [-0.39, 0.29) is 30.3 Å². The number of hydrogen-bond acceptors (Lipinski definition) is 4. The minimum Gasteiger partial charge on any atom is -0.444 e. The number of ether oxygens (including phenoxy) is 1. The summed E-state index contributed by atoms with van der Waals surface area (Å²) in [6, 6.07) is 17.2. The normalized spacial score (nSPS) is 15.7. The van der Waals surface area contributed by atoms with Gasteiger partial charge in [0.1, 0.15) is 17.7 Å². The Hall–Kier alpha value is -3.35. The first-order valence-electron chi connectivity index (χ1n) is 13.3. The molecule has 0 aliphatic heterocycles. The van der Waals surface area contributed by atoms with Gasteiger partial charge in [-0.15, -0.1) is 0 Å². The van der Waals surface area contributed by atoms with Crippen LogP contribution in [0.15, 0.2) is 60.7 Å². The fourth-order valence-corrected chi connectivity index (χ4v) is 4.45. The van der Waals surface area contributed by atoms with Crippen LogP contribution in [0.3, 0.4) is 0 Å². The lowest BCUT2D eigenvalue weighted by Gasteiger charge is -2.35. The summed E-state index contributed by atoms with van der Waals surface area (Å²) in [5, 5.41) is 5.92. The zero-order valence-corrected chi connectivity index (χ0v) is 22.7. The number of nitrogens with one attached hydrogen (secondary N) is 2. The predicted octanol–water partition coefficient (Wildman–Crippen LogP) is 5.16. The summed E-state index contributed by atoms with van der Waals surface area (Å²) in [6.45, 7) is 9.40. The van der Waals surface area contributed by atoms with Gasteiger partial charge in [-0.3, -0.25) is 9.59 Å². The molecule has 37 heavy (non-hydrogen) atoms. The molecule has 2 aromatic rings. The van der Waals surface area contributed by atoms with Gasteiger partial charge in [0.2, 0.25) is 11.8 Å². The smallest absolute Gasteiger partial charge is 0.408 e. The number of amides is 3. The molecule has 0 saturated heterocycles. The Morgan fingerprint density at radius 3 is 2.11 bits per heavy atom. The molecule has 1 saturated carbocycles. The van der Waals surface area contributed by atoms with Crippen molar-refractivity contribution in [3.8, 4) is 0 Å². The second-order valence-corrected chi connectivity index (χ2v) is 10.9. The van der Waals surface area contributed by atoms with E-state index >= 15 is 0 Å². The van der Waals surface area contributed by atoms with Crippen molar-refractivity contribution >= 4 is 17.9 Å². The van der Waals surface area contributed by atoms with Crippen LogP contribution in [0.25, 0.3) is 0 Å². The van der Waals surface area contributed by atoms with E-state index in [9.17, 15) is 14.4 Å². The molecule has 2 aromatic carbocycles. The Morgan fingerprint density at radius 2 is 1.57 bits per heavy atom. The molecule has 1 aliphatic rings. The van der Waals surface area contributed by atoms with Gasteiger partial charge in [0.05, 0.1) is 0 Å². The average Bonchev–Trinajstić information content (AvgIpc) is 3.67. The highest BCUT2D eigenvalue weighted by molar-refractivity contribution is 5.92. The summed E-state index contributed by atoms with van der Waals surface area (Å²) in [7, 11) is 0. The van der Waals surface area contributed by atoms with Crippen LogP contribution in [-0.4, -0.2) is 46.5 Å². The maximum absolute atomic E-state index is 14.2. The molecule has 7 nitrogen and oxygen atoms in total. The first-order chi connectivity index (χ1) is 17.6. The zero-order valence-electron chi connectivity index (χ0n) is 22.7. The highest BCUT2D eigenvalue weighted by atomic mass is 16.6. The van der Waals surface area contributed by atoms with Crippen molar-refractivity contribution in [2.45, 2.75) is 96.5 Å². The van der Waals surface area contributed by atoms with E-state index in [0.29, 0.717) is 0 Å². The molecule has 1 fully saturated rings. The third kappa shape index (κ3) is 8.62. The van der Waals surface area contributed by atoms with E-state index in [4.69, 9.17) is 4.74 Å². The molecule has 3 atom stereocenters. The molecule has 0 radical (unpaired) electrons. The SMILES string of the molecule is CCCC(C)NC(=O)C(c1ccccc1)N(C(=O)C(Cc1ccccc1)NC(=O)OC(C)(C)C)C1CC1. The Bertz CT molecular complexity index is 1030. The molecule has 200 valence electrons. The van der Waals surface area contributed by atoms with Crippen molar-refractivity contribution in [2.75, 3.05) is 0 Å². The van der Waals surface area contributed by atoms with Crippen molar-refractivity contribution in [1.29, 1.82) is 0 Å². The number of hydrogen-bond donors (Lipinski definition) is 2. The number of nitrogens with zero attached hydrogens (tertiary/aromatic N) is 1. The molecule has 2 N–H and O–H groups in total. The van der Waals surface area contributed by atoms with E-state index in [1.54, 1.807) is 25.7 Å². The van der Waals surface area contributed by atoms with Gasteiger partial charge in [0.25, 0.3) is 0 Å². The quantitative estimate of drug-likeness (QED) is 0.440. The van der Waals surface area contributed by atoms with E-state index in [1.807, 2.05) is 67.6 Å². The van der Waals surface area contributed by atoms with Gasteiger partial charge in [-0.1, -0.05) is 74.0 Å². The second-order valence-electron chi connectivity index (χ2n) is 10.9. The first-order valence-corrected chi connectivity index (χ1v) is 13.3. The molecule has 3 rings (SSSR count). The summed E-state index contributed by atoms with van der Waals surface area (Å²) in [4.78, 5) is 42.4. The van der Waals surface area contributed by atoms with E-state index < -0.39 is 23.8 Å². The maximum Gasteiger partial charge on any atom is 0.408 e. The molecular weight excluding hydrogens is 466 g/mol. The topological polar surface area (TPSA) is 87.7 Å². The molecule has 3 unspecified atom stereocenters. The summed E-state index contributed by atoms with van der Waals surface area (Å²) in [6.07, 6.45) is 3.06. The van der Waals surface area contributed by atoms with Gasteiger partial charge < -0.3 is 20.3 Å². The number of rotatable bonds is 11. The fraction of sp³-hybridized carbons (Fsp3) is 0.500. The second kappa shape index (κ2) is 12.7. The lowest BCUT2D eigenvalue weighted by atomic mass is 9.99. The average molecular weight is 508 g/mol. The minimum atomic E-state index is -0.884. The molecular formula is C30H41N3O4. The van der Waals surface area contributed by atoms with Crippen molar-refractivity contribution in [1.82, 2.24) is 15.5 Å². The molecule has 3 amide bonds. The van der Waals surface area contributed by atoms with Crippen LogP contribution in [0.2, 0.25) is 0 Å². The van der Waals surface area contributed by atoms with Crippen LogP contribution in [-0.2, 0) is 20.7 Å². The molecule has 0 bridgehead atoms. The lowest BCUT2D eigenvalue weighted by Crippen LogP contribution is -2.55. The van der Waals surface area contributed by atoms with Crippen LogP contribution in [0.4, 0.5) is 4.79 Å². The summed E-state index contributed by atoms with van der Waals surface area (Å²) in [5.41, 5.74) is 0.951. The molecule has 0 heterocycles. The standard InChI is InChI=1S/C30H41N3O4/c1-6-13-21(2)31-27(34)26(23-16-11-8-12-17-23)33(24-18-19-24)28(35)25(20-22-14-9-7-10-15-22)32-29(36)37-30(3,4)5/h7-12,14-17,21,24-26H,6,13,18-20H2,1-5H3,(H,31,34)(H,32,36). The monoisotopic (exact) mass is 507 g/mol. The third-order valence-corrected chi connectivity index (χ3v) is 6.22. The minimum absolute atomic E-state index is 0.0140. The van der Waals surface area contributed by atoms with E-state index in [1.165, 1.54) is 0 Å². The Kier molecular flexibility index (Phi) is 9.73. The van der Waals surface area contributed by atoms with Crippen LogP contribution < -0.4 is 10.6 Å². The van der Waals surface area contributed by atoms with Crippen molar-refractivity contribution in [3.05, 3.63) is 71.8 Å². The van der Waals surface area contributed by atoms with Gasteiger partial charge in [-0.25, -0.2) is 4.79 Å². The van der Waals surface area contributed by atoms with Crippen molar-refractivity contribution in [2.24, 2.45) is 0 Å². The third-order valence-electron chi connectivity index (χ3n) is 6.22. The summed E-state index contributed by atoms with van der Waals surface area (Å²) < 4.78 is 5.48. The van der Waals surface area contributed by atoms with Gasteiger partial charge in [0, 0.05) is 18.5 Å². The molecule has 1 aliphatic carbocycles. The fourth-order valence-electron chi connectivity index (χ4n) is 4.45. The maximum atomic E-state index is 14.2. The van der Waals surface area contributed by atoms with E-state index in [2.05, 4.69) is 17.6 Å². The highest BCUT2D eigenvalue weighted by Gasteiger charge is 2.44. The van der Waals surface area contributed by atoms with Crippen molar-refractivity contribution < 1.29 is 19.1 Å². The van der Waals surface area contributed by atoms with Crippen LogP contribution in [0.1, 0.15) is 77.5 Å². The van der Waals surface area contributed by atoms with Crippen LogP contribution in [0.5, 0.6) is 0 Å². The molecule has 0 spiro atoms. The lowest BCUT2D eigenvalue weighted by molar-refractivity contribution is -0.143. The Balaban J connectivity index is 1.96. The van der Waals surface area contributed by atoms with Crippen LogP contribution in [0, 0.1) is 0 Å². The number of benzene rings is 2. The highest BCUT2D eigenvalue weighted by Crippen LogP contribution is 2.36.